The zero-order chi connectivity index (χ0) is 16.4. The third-order valence-corrected chi connectivity index (χ3v) is 4.61. The van der Waals surface area contributed by atoms with Crippen molar-refractivity contribution in [2.45, 2.75) is 32.2 Å². The molecule has 3 aromatic rings. The maximum atomic E-state index is 12.7. The highest BCUT2D eigenvalue weighted by Crippen LogP contribution is 2.17. The summed E-state index contributed by atoms with van der Waals surface area (Å²) in [6.45, 7) is 0.798. The van der Waals surface area contributed by atoms with Gasteiger partial charge < -0.3 is 0 Å². The second-order valence-corrected chi connectivity index (χ2v) is 6.32. The summed E-state index contributed by atoms with van der Waals surface area (Å²) in [7, 11) is 0. The van der Waals surface area contributed by atoms with Crippen LogP contribution in [0.3, 0.4) is 0 Å². The molecular formula is C21H20N2O. The Balaban J connectivity index is 1.75. The SMILES string of the molecule is O=c1c2ccc(C=Cc3ccccc3)cc2nc2n1CCCCC2. The molecule has 24 heavy (non-hydrogen) atoms. The Morgan fingerprint density at radius 2 is 1.75 bits per heavy atom. The molecule has 2 aromatic carbocycles. The van der Waals surface area contributed by atoms with Gasteiger partial charge in [0.25, 0.3) is 5.56 Å². The first-order chi connectivity index (χ1) is 11.8. The fourth-order valence-electron chi connectivity index (χ4n) is 3.30. The molecule has 0 N–H and O–H groups in total. The van der Waals surface area contributed by atoms with Gasteiger partial charge in [0, 0.05) is 13.0 Å². The lowest BCUT2D eigenvalue weighted by molar-refractivity contribution is 0.614. The second-order valence-electron chi connectivity index (χ2n) is 6.32. The Morgan fingerprint density at radius 3 is 2.62 bits per heavy atom. The average molecular weight is 316 g/mol. The third kappa shape index (κ3) is 2.90. The van der Waals surface area contributed by atoms with Gasteiger partial charge in [-0.2, -0.15) is 0 Å². The molecule has 0 saturated carbocycles. The molecule has 2 heterocycles. The van der Waals surface area contributed by atoms with Crippen LogP contribution in [-0.4, -0.2) is 9.55 Å². The number of rotatable bonds is 2. The lowest BCUT2D eigenvalue weighted by atomic mass is 10.1. The molecule has 0 unspecified atom stereocenters. The summed E-state index contributed by atoms with van der Waals surface area (Å²) in [5.74, 6) is 0.939. The minimum Gasteiger partial charge on any atom is -0.296 e. The van der Waals surface area contributed by atoms with Crippen molar-refractivity contribution >= 4 is 23.1 Å². The Hall–Kier alpha value is -2.68. The molecule has 1 aromatic heterocycles. The van der Waals surface area contributed by atoms with E-state index < -0.39 is 0 Å². The van der Waals surface area contributed by atoms with E-state index in [-0.39, 0.29) is 5.56 Å². The number of fused-ring (bicyclic) bond motifs is 2. The van der Waals surface area contributed by atoms with Crippen LogP contribution >= 0.6 is 0 Å². The Labute approximate surface area is 141 Å². The van der Waals surface area contributed by atoms with Gasteiger partial charge in [0.1, 0.15) is 5.82 Å². The maximum Gasteiger partial charge on any atom is 0.261 e. The first-order valence-corrected chi connectivity index (χ1v) is 8.58. The van der Waals surface area contributed by atoms with E-state index in [1.807, 2.05) is 41.0 Å². The third-order valence-electron chi connectivity index (χ3n) is 4.61. The van der Waals surface area contributed by atoms with Crippen molar-refractivity contribution in [3.63, 3.8) is 0 Å². The van der Waals surface area contributed by atoms with Crippen LogP contribution in [0.2, 0.25) is 0 Å². The van der Waals surface area contributed by atoms with E-state index >= 15 is 0 Å². The van der Waals surface area contributed by atoms with Crippen molar-refractivity contribution in [3.05, 3.63) is 75.8 Å². The number of hydrogen-bond donors (Lipinski definition) is 0. The highest BCUT2D eigenvalue weighted by atomic mass is 16.1. The highest BCUT2D eigenvalue weighted by molar-refractivity contribution is 5.82. The van der Waals surface area contributed by atoms with E-state index in [0.717, 1.165) is 53.7 Å². The molecule has 0 fully saturated rings. The van der Waals surface area contributed by atoms with E-state index in [1.54, 1.807) is 0 Å². The molecule has 120 valence electrons. The lowest BCUT2D eigenvalue weighted by Gasteiger charge is -2.10. The van der Waals surface area contributed by atoms with Crippen molar-refractivity contribution in [1.29, 1.82) is 0 Å². The molecule has 0 bridgehead atoms. The van der Waals surface area contributed by atoms with E-state index in [2.05, 4.69) is 24.3 Å². The van der Waals surface area contributed by atoms with E-state index in [9.17, 15) is 4.79 Å². The average Bonchev–Trinajstić information content (AvgIpc) is 2.86. The van der Waals surface area contributed by atoms with Crippen LogP contribution in [0.1, 0.15) is 36.2 Å². The number of hydrogen-bond acceptors (Lipinski definition) is 2. The van der Waals surface area contributed by atoms with Gasteiger partial charge in [0.05, 0.1) is 10.9 Å². The summed E-state index contributed by atoms with van der Waals surface area (Å²) in [4.78, 5) is 17.5. The molecular weight excluding hydrogens is 296 g/mol. The fraction of sp³-hybridized carbons (Fsp3) is 0.238. The zero-order valence-corrected chi connectivity index (χ0v) is 13.6. The summed E-state index contributed by atoms with van der Waals surface area (Å²) in [5, 5.41) is 0.720. The first kappa shape index (κ1) is 14.9. The van der Waals surface area contributed by atoms with Crippen LogP contribution in [0, 0.1) is 0 Å². The Morgan fingerprint density at radius 1 is 0.917 bits per heavy atom. The molecule has 1 aliphatic rings. The monoisotopic (exact) mass is 316 g/mol. The summed E-state index contributed by atoms with van der Waals surface area (Å²) < 4.78 is 1.87. The topological polar surface area (TPSA) is 34.9 Å². The van der Waals surface area contributed by atoms with Crippen LogP contribution in [0.4, 0.5) is 0 Å². The van der Waals surface area contributed by atoms with Crippen LogP contribution in [0.5, 0.6) is 0 Å². The van der Waals surface area contributed by atoms with Gasteiger partial charge in [0.15, 0.2) is 0 Å². The fourth-order valence-corrected chi connectivity index (χ4v) is 3.30. The van der Waals surface area contributed by atoms with Gasteiger partial charge in [-0.25, -0.2) is 4.98 Å². The lowest BCUT2D eigenvalue weighted by Crippen LogP contribution is -2.24. The number of nitrogens with zero attached hydrogens (tertiary/aromatic N) is 2. The van der Waals surface area contributed by atoms with Crippen LogP contribution in [-0.2, 0) is 13.0 Å². The van der Waals surface area contributed by atoms with Crippen LogP contribution in [0.25, 0.3) is 23.1 Å². The summed E-state index contributed by atoms with van der Waals surface area (Å²) in [6, 6.07) is 16.1. The zero-order valence-electron chi connectivity index (χ0n) is 13.6. The largest absolute Gasteiger partial charge is 0.296 e. The summed E-state index contributed by atoms with van der Waals surface area (Å²) in [5.41, 5.74) is 3.14. The molecule has 0 aliphatic carbocycles. The standard InChI is InChI=1S/C21H20N2O/c24-21-18-13-12-17(11-10-16-7-3-1-4-8-16)15-19(18)22-20-9-5-2-6-14-23(20)21/h1,3-4,7-8,10-13,15H,2,5-6,9,14H2. The summed E-state index contributed by atoms with van der Waals surface area (Å²) in [6.07, 6.45) is 8.40. The molecule has 3 heteroatoms. The van der Waals surface area contributed by atoms with Crippen molar-refractivity contribution in [2.24, 2.45) is 0 Å². The molecule has 1 aliphatic heterocycles. The van der Waals surface area contributed by atoms with E-state index in [0.29, 0.717) is 0 Å². The minimum atomic E-state index is 0.107. The maximum absolute atomic E-state index is 12.7. The molecule has 4 rings (SSSR count). The smallest absolute Gasteiger partial charge is 0.261 e. The Kier molecular flexibility index (Phi) is 3.99. The van der Waals surface area contributed by atoms with Gasteiger partial charge in [-0.1, -0.05) is 55.0 Å². The van der Waals surface area contributed by atoms with Crippen molar-refractivity contribution < 1.29 is 0 Å². The van der Waals surface area contributed by atoms with Gasteiger partial charge in [-0.3, -0.25) is 9.36 Å². The highest BCUT2D eigenvalue weighted by Gasteiger charge is 2.13. The minimum absolute atomic E-state index is 0.107. The van der Waals surface area contributed by atoms with Crippen molar-refractivity contribution in [3.8, 4) is 0 Å². The first-order valence-electron chi connectivity index (χ1n) is 8.58. The van der Waals surface area contributed by atoms with Gasteiger partial charge >= 0.3 is 0 Å². The van der Waals surface area contributed by atoms with E-state index in [4.69, 9.17) is 4.98 Å². The molecule has 0 spiro atoms. The molecule has 0 radical (unpaired) electrons. The Bertz CT molecular complexity index is 955. The van der Waals surface area contributed by atoms with Gasteiger partial charge in [-0.15, -0.1) is 0 Å². The van der Waals surface area contributed by atoms with Crippen molar-refractivity contribution in [2.75, 3.05) is 0 Å². The van der Waals surface area contributed by atoms with Crippen molar-refractivity contribution in [1.82, 2.24) is 9.55 Å². The van der Waals surface area contributed by atoms with E-state index in [1.165, 1.54) is 6.42 Å². The number of aromatic nitrogens is 2. The normalized spacial score (nSPS) is 14.7. The van der Waals surface area contributed by atoms with Gasteiger partial charge in [0.2, 0.25) is 0 Å². The molecule has 0 amide bonds. The molecule has 3 nitrogen and oxygen atoms in total. The predicted molar refractivity (Wildman–Crippen MR) is 98.9 cm³/mol. The predicted octanol–water partition coefficient (Wildman–Crippen LogP) is 4.29. The summed E-state index contributed by atoms with van der Waals surface area (Å²) >= 11 is 0. The molecule has 0 atom stereocenters. The van der Waals surface area contributed by atoms with Gasteiger partial charge in [-0.05, 0) is 36.1 Å². The number of benzene rings is 2. The van der Waals surface area contributed by atoms with Crippen LogP contribution < -0.4 is 5.56 Å². The van der Waals surface area contributed by atoms with Crippen LogP contribution in [0.15, 0.2) is 53.3 Å². The quantitative estimate of drug-likeness (QED) is 0.661. The molecule has 0 saturated heterocycles. The second kappa shape index (κ2) is 6.44. The number of aryl methyl sites for hydroxylation is 1.